The fourth-order valence-electron chi connectivity index (χ4n) is 3.63. The molecular weight excluding hydrogens is 271 g/mol. The van der Waals surface area contributed by atoms with Crippen molar-refractivity contribution in [1.29, 1.82) is 0 Å². The summed E-state index contributed by atoms with van der Waals surface area (Å²) in [6.45, 7) is 11.7. The van der Waals surface area contributed by atoms with Crippen LogP contribution in [0, 0.1) is 0 Å². The number of hydrogen-bond donors (Lipinski definition) is 0. The number of hydrogen-bond acceptors (Lipinski definition) is 0. The van der Waals surface area contributed by atoms with Crippen LogP contribution in [-0.4, -0.2) is 0 Å². The van der Waals surface area contributed by atoms with Crippen molar-refractivity contribution in [1.82, 2.24) is 0 Å². The Hall–Kier alpha value is -1.26. The average Bonchev–Trinajstić information content (AvgIpc) is 2.80. The summed E-state index contributed by atoms with van der Waals surface area (Å²) in [5.41, 5.74) is 3.88. The molecule has 0 amide bonds. The zero-order chi connectivity index (χ0) is 15.1. The largest absolute Gasteiger partial charge is 0.106 e. The second kappa shape index (κ2) is 5.50. The van der Waals surface area contributed by atoms with Crippen molar-refractivity contribution in [2.24, 2.45) is 0 Å². The second-order valence-corrected chi connectivity index (χ2v) is 9.22. The molecule has 0 fully saturated rings. The van der Waals surface area contributed by atoms with Crippen molar-refractivity contribution in [3.8, 4) is 0 Å². The number of benzene rings is 2. The summed E-state index contributed by atoms with van der Waals surface area (Å²) in [6.07, 6.45) is 1.15. The van der Waals surface area contributed by atoms with Crippen LogP contribution in [0.1, 0.15) is 57.3 Å². The number of fused-ring (bicyclic) bond motifs is 3. The van der Waals surface area contributed by atoms with E-state index in [1.807, 2.05) is 0 Å². The van der Waals surface area contributed by atoms with E-state index in [1.165, 1.54) is 10.8 Å². The molecule has 0 radical (unpaired) electrons. The lowest BCUT2D eigenvalue weighted by molar-refractivity contribution is 0.849. The molecule has 3 rings (SSSR count). The molecule has 1 atom stereocenters. The minimum absolute atomic E-state index is 0.203. The zero-order valence-electron chi connectivity index (χ0n) is 13.8. The smallest absolute Gasteiger partial charge is 0.00610 e. The average molecular weight is 296 g/mol. The molecule has 0 saturated carbocycles. The molecule has 1 unspecified atom stereocenters. The fraction of sp³-hybridized carbons (Fsp3) is 0.400. The molecule has 0 aliphatic heterocycles. The first-order valence-corrected chi connectivity index (χ1v) is 9.51. The first kappa shape index (κ1) is 14.7. The molecule has 1 aromatic heterocycles. The molecule has 1 heterocycles. The highest BCUT2D eigenvalue weighted by atomic mass is 31.1. The van der Waals surface area contributed by atoms with Gasteiger partial charge in [-0.25, -0.2) is 0 Å². The first-order chi connectivity index (χ1) is 10.1. The monoisotopic (exact) mass is 296 g/mol. The number of rotatable bonds is 3. The Labute approximate surface area is 129 Å². The summed E-state index contributed by atoms with van der Waals surface area (Å²) >= 11 is 0. The molecule has 0 aliphatic carbocycles. The normalized spacial score (nSPS) is 13.0. The first-order valence-electron chi connectivity index (χ1n) is 8.10. The van der Waals surface area contributed by atoms with Crippen molar-refractivity contribution >= 4 is 28.5 Å². The van der Waals surface area contributed by atoms with E-state index < -0.39 is 0 Å². The van der Waals surface area contributed by atoms with Crippen molar-refractivity contribution in [3.63, 3.8) is 0 Å². The summed E-state index contributed by atoms with van der Waals surface area (Å²) in [4.78, 5) is 0. The molecule has 0 nitrogen and oxygen atoms in total. The maximum atomic E-state index is 2.39. The Morgan fingerprint density at radius 1 is 0.905 bits per heavy atom. The zero-order valence-corrected chi connectivity index (χ0v) is 14.7. The van der Waals surface area contributed by atoms with Gasteiger partial charge in [0.15, 0.2) is 0 Å². The van der Waals surface area contributed by atoms with E-state index in [2.05, 4.69) is 71.0 Å². The van der Waals surface area contributed by atoms with Gasteiger partial charge in [0.1, 0.15) is 0 Å². The Balaban J connectivity index is 2.55. The summed E-state index contributed by atoms with van der Waals surface area (Å²) in [6, 6.07) is 13.8. The molecule has 1 heteroatoms. The second-order valence-electron chi connectivity index (χ2n) is 6.52. The lowest BCUT2D eigenvalue weighted by Gasteiger charge is -2.16. The van der Waals surface area contributed by atoms with E-state index in [0.29, 0.717) is 11.6 Å². The van der Waals surface area contributed by atoms with Crippen molar-refractivity contribution in [3.05, 3.63) is 47.5 Å². The summed E-state index contributed by atoms with van der Waals surface area (Å²) in [5, 5.41) is 6.26. The van der Waals surface area contributed by atoms with E-state index in [0.717, 1.165) is 6.42 Å². The Bertz CT molecular complexity index is 790. The van der Waals surface area contributed by atoms with Gasteiger partial charge in [0.05, 0.1) is 0 Å². The molecule has 0 spiro atoms. The van der Waals surface area contributed by atoms with Gasteiger partial charge in [-0.2, -0.15) is 0 Å². The van der Waals surface area contributed by atoms with E-state index in [4.69, 9.17) is 0 Å². The van der Waals surface area contributed by atoms with Gasteiger partial charge in [0, 0.05) is 10.2 Å². The Morgan fingerprint density at radius 2 is 1.62 bits per heavy atom. The topological polar surface area (TPSA) is 0 Å². The maximum absolute atomic E-state index is 2.39. The third-order valence-electron chi connectivity index (χ3n) is 4.51. The fourth-order valence-corrected chi connectivity index (χ4v) is 6.67. The van der Waals surface area contributed by atoms with Gasteiger partial charge in [0.2, 0.25) is 0 Å². The molecule has 21 heavy (non-hydrogen) atoms. The van der Waals surface area contributed by atoms with Crippen LogP contribution in [0.25, 0.3) is 21.0 Å². The highest BCUT2D eigenvalue weighted by Crippen LogP contribution is 2.56. The molecule has 0 saturated heterocycles. The molecule has 110 valence electrons. The van der Waals surface area contributed by atoms with Crippen LogP contribution < -0.4 is 0 Å². The van der Waals surface area contributed by atoms with E-state index in [-0.39, 0.29) is 7.53 Å². The lowest BCUT2D eigenvalue weighted by atomic mass is 9.94. The van der Waals surface area contributed by atoms with E-state index in [9.17, 15) is 0 Å². The molecule has 0 N–H and O–H groups in total. The van der Waals surface area contributed by atoms with Gasteiger partial charge in [-0.05, 0) is 39.9 Å². The summed E-state index contributed by atoms with van der Waals surface area (Å²) in [7, 11) is -0.203. The third-order valence-corrected chi connectivity index (χ3v) is 7.44. The van der Waals surface area contributed by atoms with Crippen LogP contribution in [0.15, 0.2) is 36.4 Å². The minimum atomic E-state index is -0.203. The van der Waals surface area contributed by atoms with E-state index >= 15 is 0 Å². The summed E-state index contributed by atoms with van der Waals surface area (Å²) < 4.78 is 0. The van der Waals surface area contributed by atoms with Crippen LogP contribution in [0.2, 0.25) is 0 Å². The van der Waals surface area contributed by atoms with Crippen molar-refractivity contribution in [2.45, 2.75) is 52.6 Å². The van der Waals surface area contributed by atoms with Crippen LogP contribution in [0.5, 0.6) is 0 Å². The van der Waals surface area contributed by atoms with Crippen molar-refractivity contribution < 1.29 is 0 Å². The van der Waals surface area contributed by atoms with Crippen LogP contribution in [0.4, 0.5) is 0 Å². The van der Waals surface area contributed by atoms with Gasteiger partial charge in [-0.3, -0.25) is 0 Å². The van der Waals surface area contributed by atoms with Crippen LogP contribution in [0.3, 0.4) is 0 Å². The predicted molar refractivity (Wildman–Crippen MR) is 98.0 cm³/mol. The SMILES string of the molecule is CCc1c(C(C)C)ccc2c3ccccc3p(C(C)C)c12. The third kappa shape index (κ3) is 2.21. The van der Waals surface area contributed by atoms with Gasteiger partial charge in [-0.15, -0.1) is 7.53 Å². The van der Waals surface area contributed by atoms with Gasteiger partial charge < -0.3 is 0 Å². The van der Waals surface area contributed by atoms with Crippen molar-refractivity contribution in [2.75, 3.05) is 0 Å². The van der Waals surface area contributed by atoms with Gasteiger partial charge in [0.25, 0.3) is 0 Å². The number of aryl methyl sites for hydroxylation is 1. The predicted octanol–water partition coefficient (Wildman–Crippen LogP) is 7.25. The molecular formula is C20H25P. The molecule has 3 aromatic rings. The molecule has 0 aliphatic rings. The Morgan fingerprint density at radius 3 is 2.24 bits per heavy atom. The Kier molecular flexibility index (Phi) is 3.84. The quantitative estimate of drug-likeness (QED) is 0.477. The molecule has 0 bridgehead atoms. The van der Waals surface area contributed by atoms with Gasteiger partial charge in [-0.1, -0.05) is 71.0 Å². The highest BCUT2D eigenvalue weighted by Gasteiger charge is 2.19. The molecule has 2 aromatic carbocycles. The maximum Gasteiger partial charge on any atom is 0.00610 e. The van der Waals surface area contributed by atoms with Crippen LogP contribution >= 0.6 is 7.53 Å². The minimum Gasteiger partial charge on any atom is -0.106 e. The lowest BCUT2D eigenvalue weighted by Crippen LogP contribution is -1.95. The standard InChI is InChI=1S/C20H25P/c1-6-15-16(13(2)3)11-12-18-17-9-7-8-10-19(17)21(14(4)5)20(15)18/h7-14H,6H2,1-5H3. The van der Waals surface area contributed by atoms with Crippen LogP contribution in [-0.2, 0) is 6.42 Å². The summed E-state index contributed by atoms with van der Waals surface area (Å²) in [5.74, 6) is 0.609. The highest BCUT2D eigenvalue weighted by molar-refractivity contribution is 7.61. The van der Waals surface area contributed by atoms with Gasteiger partial charge >= 0.3 is 0 Å². The van der Waals surface area contributed by atoms with E-state index in [1.54, 1.807) is 21.4 Å².